The summed E-state index contributed by atoms with van der Waals surface area (Å²) in [6, 6.07) is 1.58. The molecule has 0 unspecified atom stereocenters. The third-order valence-corrected chi connectivity index (χ3v) is 2.25. The van der Waals surface area contributed by atoms with E-state index in [1.54, 1.807) is 13.0 Å². The highest BCUT2D eigenvalue weighted by molar-refractivity contribution is 5.84. The van der Waals surface area contributed by atoms with E-state index in [0.29, 0.717) is 12.3 Å². The summed E-state index contributed by atoms with van der Waals surface area (Å²) in [5.41, 5.74) is 0.920. The molecule has 0 bridgehead atoms. The van der Waals surface area contributed by atoms with Crippen LogP contribution in [0.15, 0.2) is 10.5 Å². The van der Waals surface area contributed by atoms with Gasteiger partial charge in [0.1, 0.15) is 5.76 Å². The third kappa shape index (κ3) is 3.40. The van der Waals surface area contributed by atoms with Crippen LogP contribution in [0, 0.1) is 6.92 Å². The molecular weight excluding hydrogens is 194 g/mol. The van der Waals surface area contributed by atoms with Crippen LogP contribution in [-0.4, -0.2) is 17.6 Å². The van der Waals surface area contributed by atoms with E-state index in [-0.39, 0.29) is 5.76 Å². The predicted octanol–water partition coefficient (Wildman–Crippen LogP) is 2.18. The number of unbranched alkanes of at least 4 members (excludes halogenated alkanes) is 1. The molecule has 0 atom stereocenters. The Morgan fingerprint density at radius 1 is 1.60 bits per heavy atom. The lowest BCUT2D eigenvalue weighted by atomic mass is 10.2. The fourth-order valence-electron chi connectivity index (χ4n) is 1.33. The van der Waals surface area contributed by atoms with Gasteiger partial charge in [-0.25, -0.2) is 4.79 Å². The Balaban J connectivity index is 2.50. The molecule has 2 N–H and O–H groups in total. The summed E-state index contributed by atoms with van der Waals surface area (Å²) in [5.74, 6) is -0.325. The summed E-state index contributed by atoms with van der Waals surface area (Å²) in [6.45, 7) is 5.53. The van der Waals surface area contributed by atoms with Gasteiger partial charge in [0.05, 0.1) is 0 Å². The van der Waals surface area contributed by atoms with Crippen LogP contribution >= 0.6 is 0 Å². The Morgan fingerprint density at radius 3 is 2.87 bits per heavy atom. The van der Waals surface area contributed by atoms with E-state index in [9.17, 15) is 4.79 Å². The number of aryl methyl sites for hydroxylation is 1. The number of aromatic carboxylic acids is 1. The molecule has 0 aliphatic heterocycles. The third-order valence-electron chi connectivity index (χ3n) is 2.25. The average molecular weight is 211 g/mol. The SMILES string of the molecule is CCCCNCc1cc(C(=O)O)oc1C. The van der Waals surface area contributed by atoms with Gasteiger partial charge in [-0.15, -0.1) is 0 Å². The number of carboxylic acid groups (broad SMARTS) is 1. The largest absolute Gasteiger partial charge is 0.475 e. The number of carbonyl (C=O) groups is 1. The van der Waals surface area contributed by atoms with Gasteiger partial charge in [0.15, 0.2) is 0 Å². The van der Waals surface area contributed by atoms with E-state index in [2.05, 4.69) is 12.2 Å². The van der Waals surface area contributed by atoms with Gasteiger partial charge in [-0.3, -0.25) is 0 Å². The fraction of sp³-hybridized carbons (Fsp3) is 0.545. The molecule has 0 aliphatic carbocycles. The second kappa shape index (κ2) is 5.56. The number of nitrogens with one attached hydrogen (secondary N) is 1. The van der Waals surface area contributed by atoms with Gasteiger partial charge in [-0.05, 0) is 26.0 Å². The molecule has 0 saturated carbocycles. The highest BCUT2D eigenvalue weighted by atomic mass is 16.4. The summed E-state index contributed by atoms with van der Waals surface area (Å²) in [7, 11) is 0. The molecule has 1 aromatic rings. The van der Waals surface area contributed by atoms with Gasteiger partial charge < -0.3 is 14.8 Å². The molecule has 0 fully saturated rings. The molecule has 0 aliphatic rings. The van der Waals surface area contributed by atoms with Gasteiger partial charge in [0.25, 0.3) is 0 Å². The topological polar surface area (TPSA) is 62.5 Å². The number of rotatable bonds is 6. The first-order valence-corrected chi connectivity index (χ1v) is 5.18. The highest BCUT2D eigenvalue weighted by Crippen LogP contribution is 2.14. The zero-order valence-electron chi connectivity index (χ0n) is 9.17. The van der Waals surface area contributed by atoms with E-state index in [1.807, 2.05) is 0 Å². The normalized spacial score (nSPS) is 10.5. The summed E-state index contributed by atoms with van der Waals surface area (Å²) in [6.07, 6.45) is 2.28. The standard InChI is InChI=1S/C11H17NO3/c1-3-4-5-12-7-9-6-10(11(13)14)15-8(9)2/h6,12H,3-5,7H2,1-2H3,(H,13,14). The first-order chi connectivity index (χ1) is 7.15. The minimum absolute atomic E-state index is 0.0137. The second-order valence-electron chi connectivity index (χ2n) is 3.53. The van der Waals surface area contributed by atoms with E-state index in [0.717, 1.165) is 24.9 Å². The Labute approximate surface area is 89.3 Å². The lowest BCUT2D eigenvalue weighted by Gasteiger charge is -2.01. The van der Waals surface area contributed by atoms with Crippen molar-refractivity contribution in [3.63, 3.8) is 0 Å². The zero-order valence-corrected chi connectivity index (χ0v) is 9.17. The molecule has 0 radical (unpaired) electrons. The lowest BCUT2D eigenvalue weighted by molar-refractivity contribution is 0.0661. The van der Waals surface area contributed by atoms with Crippen LogP contribution in [0.2, 0.25) is 0 Å². The van der Waals surface area contributed by atoms with Crippen molar-refractivity contribution >= 4 is 5.97 Å². The van der Waals surface area contributed by atoms with Crippen LogP contribution < -0.4 is 5.32 Å². The van der Waals surface area contributed by atoms with Gasteiger partial charge >= 0.3 is 5.97 Å². The van der Waals surface area contributed by atoms with Crippen molar-refractivity contribution < 1.29 is 14.3 Å². The van der Waals surface area contributed by atoms with Crippen molar-refractivity contribution in [2.24, 2.45) is 0 Å². The van der Waals surface area contributed by atoms with Crippen molar-refractivity contribution in [1.29, 1.82) is 0 Å². The summed E-state index contributed by atoms with van der Waals surface area (Å²) >= 11 is 0. The highest BCUT2D eigenvalue weighted by Gasteiger charge is 2.12. The van der Waals surface area contributed by atoms with Gasteiger partial charge in [-0.1, -0.05) is 13.3 Å². The Hall–Kier alpha value is -1.29. The van der Waals surface area contributed by atoms with Crippen LogP contribution in [0.3, 0.4) is 0 Å². The fourth-order valence-corrected chi connectivity index (χ4v) is 1.33. The molecule has 1 heterocycles. The molecule has 1 aromatic heterocycles. The number of carboxylic acids is 1. The monoisotopic (exact) mass is 211 g/mol. The molecule has 0 amide bonds. The smallest absolute Gasteiger partial charge is 0.371 e. The Morgan fingerprint density at radius 2 is 2.33 bits per heavy atom. The minimum atomic E-state index is -1.02. The summed E-state index contributed by atoms with van der Waals surface area (Å²) in [4.78, 5) is 10.6. The Bertz CT molecular complexity index is 331. The van der Waals surface area contributed by atoms with Crippen molar-refractivity contribution in [1.82, 2.24) is 5.32 Å². The summed E-state index contributed by atoms with van der Waals surface area (Å²) < 4.78 is 5.09. The maximum atomic E-state index is 10.6. The van der Waals surface area contributed by atoms with E-state index < -0.39 is 5.97 Å². The van der Waals surface area contributed by atoms with Crippen molar-refractivity contribution in [3.8, 4) is 0 Å². The molecule has 0 saturated heterocycles. The maximum absolute atomic E-state index is 10.6. The second-order valence-corrected chi connectivity index (χ2v) is 3.53. The minimum Gasteiger partial charge on any atom is -0.475 e. The molecule has 4 heteroatoms. The van der Waals surface area contributed by atoms with Gasteiger partial charge in [-0.2, -0.15) is 0 Å². The van der Waals surface area contributed by atoms with Crippen molar-refractivity contribution in [2.45, 2.75) is 33.2 Å². The molecular formula is C11H17NO3. The molecule has 15 heavy (non-hydrogen) atoms. The molecule has 1 rings (SSSR count). The number of hydrogen-bond donors (Lipinski definition) is 2. The van der Waals surface area contributed by atoms with Gasteiger partial charge in [0, 0.05) is 12.1 Å². The first kappa shape index (κ1) is 11.8. The van der Waals surface area contributed by atoms with Crippen molar-refractivity contribution in [3.05, 3.63) is 23.2 Å². The van der Waals surface area contributed by atoms with E-state index >= 15 is 0 Å². The molecule has 0 spiro atoms. The van der Waals surface area contributed by atoms with Crippen LogP contribution in [0.25, 0.3) is 0 Å². The number of furan rings is 1. The first-order valence-electron chi connectivity index (χ1n) is 5.18. The average Bonchev–Trinajstić information content (AvgIpc) is 2.55. The number of hydrogen-bond acceptors (Lipinski definition) is 3. The predicted molar refractivity (Wildman–Crippen MR) is 57.0 cm³/mol. The maximum Gasteiger partial charge on any atom is 0.371 e. The van der Waals surface area contributed by atoms with Crippen molar-refractivity contribution in [2.75, 3.05) is 6.54 Å². The molecule has 0 aromatic carbocycles. The van der Waals surface area contributed by atoms with Crippen LogP contribution in [-0.2, 0) is 6.54 Å². The molecule has 84 valence electrons. The van der Waals surface area contributed by atoms with E-state index in [4.69, 9.17) is 9.52 Å². The van der Waals surface area contributed by atoms with Crippen LogP contribution in [0.4, 0.5) is 0 Å². The quantitative estimate of drug-likeness (QED) is 0.708. The van der Waals surface area contributed by atoms with Crippen LogP contribution in [0.5, 0.6) is 0 Å². The summed E-state index contributed by atoms with van der Waals surface area (Å²) in [5, 5.41) is 12.0. The zero-order chi connectivity index (χ0) is 11.3. The lowest BCUT2D eigenvalue weighted by Crippen LogP contribution is -2.14. The van der Waals surface area contributed by atoms with E-state index in [1.165, 1.54) is 0 Å². The molecule has 4 nitrogen and oxygen atoms in total. The Kier molecular flexibility index (Phi) is 4.37. The van der Waals surface area contributed by atoms with Crippen LogP contribution in [0.1, 0.15) is 41.6 Å². The van der Waals surface area contributed by atoms with Gasteiger partial charge in [0.2, 0.25) is 5.76 Å².